The number of H-pyrrole nitrogens is 1. The number of carbonyl (C=O) groups excluding carboxylic acids is 1. The lowest BCUT2D eigenvalue weighted by Crippen LogP contribution is -2.39. The van der Waals surface area contributed by atoms with Crippen LogP contribution in [0.25, 0.3) is 11.2 Å². The maximum atomic E-state index is 12.7. The van der Waals surface area contributed by atoms with Crippen molar-refractivity contribution < 1.29 is 9.53 Å². The molecule has 1 aliphatic heterocycles. The number of fused-ring (bicyclic) bond motifs is 1. The Morgan fingerprint density at radius 3 is 2.81 bits per heavy atom. The maximum Gasteiger partial charge on any atom is 0.281 e. The molecule has 3 aromatic rings. The molecule has 4 rings (SSSR count). The quantitative estimate of drug-likeness (QED) is 0.747. The van der Waals surface area contributed by atoms with E-state index in [0.29, 0.717) is 35.9 Å². The van der Waals surface area contributed by atoms with E-state index in [9.17, 15) is 9.59 Å². The Kier molecular flexibility index (Phi) is 4.35. The zero-order valence-corrected chi connectivity index (χ0v) is 15.2. The Bertz CT molecular complexity index is 1050. The number of carbonyl (C=O) groups is 1. The monoisotopic (exact) mass is 368 g/mol. The number of nitrogens with one attached hydrogen (secondary N) is 1. The summed E-state index contributed by atoms with van der Waals surface area (Å²) in [6.45, 7) is 2.93. The summed E-state index contributed by atoms with van der Waals surface area (Å²) >= 11 is 0. The number of hydrogen-bond acceptors (Lipinski definition) is 6. The van der Waals surface area contributed by atoms with Crippen LogP contribution in [0.3, 0.4) is 0 Å². The molecule has 3 heterocycles. The topological polar surface area (TPSA) is 106 Å². The molecule has 0 bridgehead atoms. The van der Waals surface area contributed by atoms with Crippen LogP contribution in [0.15, 0.2) is 29.1 Å². The number of amides is 1. The fraction of sp³-hybridized carbons (Fsp3) is 0.389. The summed E-state index contributed by atoms with van der Waals surface area (Å²) in [4.78, 5) is 33.6. The molecule has 1 N–H and O–H groups in total. The second-order valence-electron chi connectivity index (χ2n) is 6.61. The van der Waals surface area contributed by atoms with Gasteiger partial charge in [0, 0.05) is 18.7 Å². The molecule has 0 unspecified atom stereocenters. The van der Waals surface area contributed by atoms with Gasteiger partial charge in [-0.05, 0) is 38.0 Å². The number of methoxy groups -OCH3 is 1. The number of piperidine rings is 1. The van der Waals surface area contributed by atoms with Crippen molar-refractivity contribution in [2.75, 3.05) is 20.2 Å². The molecule has 0 atom stereocenters. The van der Waals surface area contributed by atoms with Gasteiger partial charge >= 0.3 is 0 Å². The van der Waals surface area contributed by atoms with E-state index >= 15 is 0 Å². The lowest BCUT2D eigenvalue weighted by atomic mass is 10.0. The van der Waals surface area contributed by atoms with E-state index in [2.05, 4.69) is 20.3 Å². The molecular weight excluding hydrogens is 348 g/mol. The van der Waals surface area contributed by atoms with Gasteiger partial charge in [0.1, 0.15) is 11.6 Å². The minimum Gasteiger partial charge on any atom is -0.497 e. The van der Waals surface area contributed by atoms with E-state index < -0.39 is 0 Å². The van der Waals surface area contributed by atoms with Crippen molar-refractivity contribution in [1.29, 1.82) is 0 Å². The molecule has 9 nitrogen and oxygen atoms in total. The highest BCUT2D eigenvalue weighted by Crippen LogP contribution is 2.25. The zero-order valence-electron chi connectivity index (χ0n) is 15.2. The Morgan fingerprint density at radius 1 is 1.30 bits per heavy atom. The fourth-order valence-corrected chi connectivity index (χ4v) is 3.45. The van der Waals surface area contributed by atoms with Crippen molar-refractivity contribution in [1.82, 2.24) is 29.9 Å². The molecule has 9 heteroatoms. The summed E-state index contributed by atoms with van der Waals surface area (Å²) < 4.78 is 6.91. The minimum absolute atomic E-state index is 0.0128. The van der Waals surface area contributed by atoms with Gasteiger partial charge in [-0.15, -0.1) is 5.10 Å². The number of nitrogens with zero attached hydrogens (tertiary/aromatic N) is 5. The molecule has 2 aromatic heterocycles. The highest BCUT2D eigenvalue weighted by Gasteiger charge is 2.27. The van der Waals surface area contributed by atoms with Crippen LogP contribution in [-0.4, -0.2) is 56.0 Å². The molecule has 1 aliphatic rings. The van der Waals surface area contributed by atoms with Crippen LogP contribution >= 0.6 is 0 Å². The molecule has 0 aliphatic carbocycles. The van der Waals surface area contributed by atoms with Gasteiger partial charge in [0.25, 0.3) is 11.5 Å². The van der Waals surface area contributed by atoms with Crippen molar-refractivity contribution >= 4 is 17.1 Å². The van der Waals surface area contributed by atoms with Crippen LogP contribution in [-0.2, 0) is 0 Å². The summed E-state index contributed by atoms with van der Waals surface area (Å²) in [5.74, 6) is 1.18. The summed E-state index contributed by atoms with van der Waals surface area (Å²) in [5, 5.41) is 8.10. The molecule has 27 heavy (non-hydrogen) atoms. The number of rotatable bonds is 3. The van der Waals surface area contributed by atoms with Crippen molar-refractivity contribution in [2.24, 2.45) is 0 Å². The van der Waals surface area contributed by atoms with Gasteiger partial charge in [-0.1, -0.05) is 11.3 Å². The molecule has 0 spiro atoms. The Balaban J connectivity index is 1.51. The van der Waals surface area contributed by atoms with Gasteiger partial charge in [-0.25, -0.2) is 9.67 Å². The van der Waals surface area contributed by atoms with Crippen LogP contribution in [0.1, 0.15) is 35.1 Å². The van der Waals surface area contributed by atoms with E-state index in [4.69, 9.17) is 4.74 Å². The first kappa shape index (κ1) is 17.2. The summed E-state index contributed by atoms with van der Waals surface area (Å²) in [6, 6.07) is 7.22. The third kappa shape index (κ3) is 3.16. The molecule has 1 saturated heterocycles. The minimum atomic E-state index is -0.283. The van der Waals surface area contributed by atoms with Crippen molar-refractivity contribution in [2.45, 2.75) is 25.8 Å². The Labute approximate surface area is 155 Å². The molecule has 1 aromatic carbocycles. The maximum absolute atomic E-state index is 12.7. The Morgan fingerprint density at radius 2 is 2.07 bits per heavy atom. The standard InChI is InChI=1S/C18H20N6O3/c1-11-19-16-15(17(25)20-11)21-22-24(16)13-6-8-23(9-7-13)18(26)12-4-3-5-14(10-12)27-2/h3-5,10,13H,6-9H2,1-2H3,(H,19,20,25). The van der Waals surface area contributed by atoms with Gasteiger partial charge in [0.15, 0.2) is 11.2 Å². The van der Waals surface area contributed by atoms with Gasteiger partial charge in [0.2, 0.25) is 0 Å². The first-order chi connectivity index (χ1) is 13.1. The normalized spacial score (nSPS) is 15.3. The molecule has 1 amide bonds. The first-order valence-corrected chi connectivity index (χ1v) is 8.82. The molecule has 1 fully saturated rings. The first-order valence-electron chi connectivity index (χ1n) is 8.82. The SMILES string of the molecule is COc1cccc(C(=O)N2CCC(n3nnc4c(=O)[nH]c(C)nc43)CC2)c1. The van der Waals surface area contributed by atoms with Crippen molar-refractivity contribution in [3.8, 4) is 5.75 Å². The highest BCUT2D eigenvalue weighted by molar-refractivity contribution is 5.94. The van der Waals surface area contributed by atoms with Crippen LogP contribution in [0, 0.1) is 6.92 Å². The fourth-order valence-electron chi connectivity index (χ4n) is 3.45. The lowest BCUT2D eigenvalue weighted by Gasteiger charge is -2.32. The third-order valence-electron chi connectivity index (χ3n) is 4.87. The average Bonchev–Trinajstić information content (AvgIpc) is 3.11. The third-order valence-corrected chi connectivity index (χ3v) is 4.87. The Hall–Kier alpha value is -3.23. The van der Waals surface area contributed by atoms with Crippen molar-refractivity contribution in [3.05, 3.63) is 46.0 Å². The summed E-state index contributed by atoms with van der Waals surface area (Å²) in [5.41, 5.74) is 1.07. The summed E-state index contributed by atoms with van der Waals surface area (Å²) in [7, 11) is 1.58. The predicted octanol–water partition coefficient (Wildman–Crippen LogP) is 1.31. The molecule has 140 valence electrons. The number of aromatic amines is 1. The number of aromatic nitrogens is 5. The summed E-state index contributed by atoms with van der Waals surface area (Å²) in [6.07, 6.45) is 1.45. The molecule has 0 radical (unpaired) electrons. The molecule has 0 saturated carbocycles. The van der Waals surface area contributed by atoms with E-state index in [0.717, 1.165) is 12.8 Å². The number of ether oxygens (including phenoxy) is 1. The second kappa shape index (κ2) is 6.82. The smallest absolute Gasteiger partial charge is 0.281 e. The van der Waals surface area contributed by atoms with Gasteiger partial charge in [-0.2, -0.15) is 0 Å². The predicted molar refractivity (Wildman–Crippen MR) is 97.8 cm³/mol. The van der Waals surface area contributed by atoms with Crippen LogP contribution in [0.2, 0.25) is 0 Å². The van der Waals surface area contributed by atoms with E-state index in [1.165, 1.54) is 0 Å². The highest BCUT2D eigenvalue weighted by atomic mass is 16.5. The number of benzene rings is 1. The second-order valence-corrected chi connectivity index (χ2v) is 6.61. The van der Waals surface area contributed by atoms with Crippen LogP contribution in [0.4, 0.5) is 0 Å². The zero-order chi connectivity index (χ0) is 19.0. The average molecular weight is 368 g/mol. The molecular formula is C18H20N6O3. The van der Waals surface area contributed by atoms with Crippen LogP contribution in [0.5, 0.6) is 5.75 Å². The van der Waals surface area contributed by atoms with E-state index in [1.54, 1.807) is 30.8 Å². The lowest BCUT2D eigenvalue weighted by molar-refractivity contribution is 0.0690. The van der Waals surface area contributed by atoms with Gasteiger partial charge in [-0.3, -0.25) is 9.59 Å². The van der Waals surface area contributed by atoms with Gasteiger partial charge < -0.3 is 14.6 Å². The number of hydrogen-bond donors (Lipinski definition) is 1. The largest absolute Gasteiger partial charge is 0.497 e. The van der Waals surface area contributed by atoms with E-state index in [-0.39, 0.29) is 23.0 Å². The van der Waals surface area contributed by atoms with Crippen LogP contribution < -0.4 is 10.3 Å². The number of likely N-dealkylation sites (tertiary alicyclic amines) is 1. The van der Waals surface area contributed by atoms with Crippen molar-refractivity contribution in [3.63, 3.8) is 0 Å². The van der Waals surface area contributed by atoms with Gasteiger partial charge in [0.05, 0.1) is 13.2 Å². The van der Waals surface area contributed by atoms with E-state index in [1.807, 2.05) is 17.0 Å². The number of aryl methyl sites for hydroxylation is 1.